The Kier molecular flexibility index (Phi) is 2.06. The van der Waals surface area contributed by atoms with E-state index in [0.717, 1.165) is 30.8 Å². The Morgan fingerprint density at radius 3 is 2.80 bits per heavy atom. The van der Waals surface area contributed by atoms with E-state index in [0.29, 0.717) is 6.79 Å². The van der Waals surface area contributed by atoms with Crippen molar-refractivity contribution in [2.45, 2.75) is 31.3 Å². The lowest BCUT2D eigenvalue weighted by atomic mass is 9.95. The van der Waals surface area contributed by atoms with Gasteiger partial charge in [0.25, 0.3) is 0 Å². The van der Waals surface area contributed by atoms with Gasteiger partial charge in [0.2, 0.25) is 6.79 Å². The molecule has 1 N–H and O–H groups in total. The molecule has 1 aliphatic heterocycles. The molecule has 1 aromatic carbocycles. The van der Waals surface area contributed by atoms with Gasteiger partial charge < -0.3 is 14.6 Å². The van der Waals surface area contributed by atoms with Gasteiger partial charge in [-0.3, -0.25) is 0 Å². The maximum absolute atomic E-state index is 9.82. The van der Waals surface area contributed by atoms with Crippen LogP contribution in [-0.2, 0) is 0 Å². The Morgan fingerprint density at radius 2 is 2.00 bits per heavy atom. The lowest BCUT2D eigenvalue weighted by Crippen LogP contribution is -2.10. The summed E-state index contributed by atoms with van der Waals surface area (Å²) in [5.41, 5.74) is 1.17. The highest BCUT2D eigenvalue weighted by molar-refractivity contribution is 5.45. The minimum absolute atomic E-state index is 0.189. The third-order valence-electron chi connectivity index (χ3n) is 3.30. The lowest BCUT2D eigenvalue weighted by molar-refractivity contribution is 0.163. The molecule has 2 unspecified atom stereocenters. The fourth-order valence-electron chi connectivity index (χ4n) is 2.47. The van der Waals surface area contributed by atoms with Gasteiger partial charge in [-0.2, -0.15) is 0 Å². The topological polar surface area (TPSA) is 38.7 Å². The predicted molar refractivity (Wildman–Crippen MR) is 55.2 cm³/mol. The van der Waals surface area contributed by atoms with Crippen molar-refractivity contribution in [3.05, 3.63) is 23.8 Å². The summed E-state index contributed by atoms with van der Waals surface area (Å²) in [7, 11) is 0. The normalized spacial score (nSPS) is 28.3. The van der Waals surface area contributed by atoms with Crippen LogP contribution in [0, 0.1) is 0 Å². The van der Waals surface area contributed by atoms with Gasteiger partial charge in [0.05, 0.1) is 6.10 Å². The number of benzene rings is 1. The van der Waals surface area contributed by atoms with Gasteiger partial charge in [0, 0.05) is 5.92 Å². The molecule has 1 heterocycles. The summed E-state index contributed by atoms with van der Waals surface area (Å²) in [5, 5.41) is 9.82. The molecule has 0 spiro atoms. The molecule has 0 amide bonds. The van der Waals surface area contributed by atoms with Crippen LogP contribution in [0.3, 0.4) is 0 Å². The summed E-state index contributed by atoms with van der Waals surface area (Å²) in [6.07, 6.45) is 2.91. The number of hydrogen-bond donors (Lipinski definition) is 1. The first kappa shape index (κ1) is 9.04. The Hall–Kier alpha value is -1.22. The average molecular weight is 206 g/mol. The van der Waals surface area contributed by atoms with Crippen LogP contribution in [-0.4, -0.2) is 18.0 Å². The maximum atomic E-state index is 9.82. The third kappa shape index (κ3) is 1.47. The highest BCUT2D eigenvalue weighted by Gasteiger charge is 2.28. The van der Waals surface area contributed by atoms with E-state index in [9.17, 15) is 5.11 Å². The van der Waals surface area contributed by atoms with Crippen LogP contribution in [0.4, 0.5) is 0 Å². The van der Waals surface area contributed by atoms with E-state index < -0.39 is 0 Å². The van der Waals surface area contributed by atoms with E-state index in [-0.39, 0.29) is 12.0 Å². The molecule has 1 saturated carbocycles. The molecule has 1 aliphatic carbocycles. The number of ether oxygens (including phenoxy) is 2. The molecular weight excluding hydrogens is 192 g/mol. The summed E-state index contributed by atoms with van der Waals surface area (Å²) < 4.78 is 10.6. The first-order chi connectivity index (χ1) is 7.34. The van der Waals surface area contributed by atoms with Crippen molar-refractivity contribution in [3.63, 3.8) is 0 Å². The fourth-order valence-corrected chi connectivity index (χ4v) is 2.47. The second kappa shape index (κ2) is 3.42. The highest BCUT2D eigenvalue weighted by atomic mass is 16.7. The SMILES string of the molecule is OC1CCCC1c1ccc2c(c1)OCO2. The van der Waals surface area contributed by atoms with Crippen LogP contribution in [0.25, 0.3) is 0 Å². The molecule has 0 radical (unpaired) electrons. The zero-order valence-corrected chi connectivity index (χ0v) is 8.48. The lowest BCUT2D eigenvalue weighted by Gasteiger charge is -2.14. The third-order valence-corrected chi connectivity index (χ3v) is 3.30. The summed E-state index contributed by atoms with van der Waals surface area (Å²) >= 11 is 0. The fraction of sp³-hybridized carbons (Fsp3) is 0.500. The molecule has 2 atom stereocenters. The predicted octanol–water partition coefficient (Wildman–Crippen LogP) is 2.04. The Labute approximate surface area is 88.6 Å². The smallest absolute Gasteiger partial charge is 0.231 e. The molecule has 3 rings (SSSR count). The molecule has 0 aromatic heterocycles. The Bertz CT molecular complexity index is 375. The van der Waals surface area contributed by atoms with Crippen molar-refractivity contribution in [2.75, 3.05) is 6.79 Å². The summed E-state index contributed by atoms with van der Waals surface area (Å²) in [6.45, 7) is 0.312. The summed E-state index contributed by atoms with van der Waals surface area (Å²) in [4.78, 5) is 0. The van der Waals surface area contributed by atoms with E-state index in [1.165, 1.54) is 5.56 Å². The highest BCUT2D eigenvalue weighted by Crippen LogP contribution is 2.39. The number of aliphatic hydroxyl groups is 1. The molecule has 1 fully saturated rings. The molecule has 0 saturated heterocycles. The monoisotopic (exact) mass is 206 g/mol. The quantitative estimate of drug-likeness (QED) is 0.764. The second-order valence-corrected chi connectivity index (χ2v) is 4.22. The van der Waals surface area contributed by atoms with Crippen LogP contribution in [0.1, 0.15) is 30.7 Å². The van der Waals surface area contributed by atoms with Gasteiger partial charge in [0.15, 0.2) is 11.5 Å². The van der Waals surface area contributed by atoms with Gasteiger partial charge in [-0.1, -0.05) is 12.5 Å². The van der Waals surface area contributed by atoms with Crippen LogP contribution < -0.4 is 9.47 Å². The second-order valence-electron chi connectivity index (χ2n) is 4.22. The first-order valence-corrected chi connectivity index (χ1v) is 5.42. The van der Waals surface area contributed by atoms with Gasteiger partial charge in [-0.15, -0.1) is 0 Å². The number of fused-ring (bicyclic) bond motifs is 1. The van der Waals surface area contributed by atoms with Crippen LogP contribution in [0.5, 0.6) is 11.5 Å². The maximum Gasteiger partial charge on any atom is 0.231 e. The van der Waals surface area contributed by atoms with Gasteiger partial charge in [-0.05, 0) is 30.5 Å². The first-order valence-electron chi connectivity index (χ1n) is 5.42. The molecule has 3 heteroatoms. The van der Waals surface area contributed by atoms with Gasteiger partial charge >= 0.3 is 0 Å². The van der Waals surface area contributed by atoms with Crippen molar-refractivity contribution < 1.29 is 14.6 Å². The van der Waals surface area contributed by atoms with E-state index in [4.69, 9.17) is 9.47 Å². The Balaban J connectivity index is 1.92. The van der Waals surface area contributed by atoms with E-state index in [1.807, 2.05) is 18.2 Å². The zero-order valence-electron chi connectivity index (χ0n) is 8.48. The molecule has 15 heavy (non-hydrogen) atoms. The van der Waals surface area contributed by atoms with E-state index in [1.54, 1.807) is 0 Å². The molecule has 3 nitrogen and oxygen atoms in total. The average Bonchev–Trinajstić information content (AvgIpc) is 2.84. The van der Waals surface area contributed by atoms with Crippen LogP contribution in [0.15, 0.2) is 18.2 Å². The molecular formula is C12H14O3. The largest absolute Gasteiger partial charge is 0.454 e. The van der Waals surface area contributed by atoms with Crippen LogP contribution in [0.2, 0.25) is 0 Å². The minimum atomic E-state index is -0.189. The van der Waals surface area contributed by atoms with Crippen molar-refractivity contribution in [1.29, 1.82) is 0 Å². The minimum Gasteiger partial charge on any atom is -0.454 e. The summed E-state index contributed by atoms with van der Waals surface area (Å²) in [6, 6.07) is 5.97. The van der Waals surface area contributed by atoms with Crippen LogP contribution >= 0.6 is 0 Å². The molecule has 1 aromatic rings. The van der Waals surface area contributed by atoms with E-state index >= 15 is 0 Å². The zero-order chi connectivity index (χ0) is 10.3. The molecule has 80 valence electrons. The molecule has 2 aliphatic rings. The van der Waals surface area contributed by atoms with Crippen molar-refractivity contribution >= 4 is 0 Å². The molecule has 0 bridgehead atoms. The standard InChI is InChI=1S/C12H14O3/c13-10-3-1-2-9(10)8-4-5-11-12(6-8)15-7-14-11/h4-6,9-10,13H,1-3,7H2. The number of rotatable bonds is 1. The van der Waals surface area contributed by atoms with Crippen molar-refractivity contribution in [1.82, 2.24) is 0 Å². The van der Waals surface area contributed by atoms with E-state index in [2.05, 4.69) is 0 Å². The van der Waals surface area contributed by atoms with Gasteiger partial charge in [0.1, 0.15) is 0 Å². The number of aliphatic hydroxyl groups excluding tert-OH is 1. The number of hydrogen-bond acceptors (Lipinski definition) is 3. The van der Waals surface area contributed by atoms with Crippen molar-refractivity contribution in [2.24, 2.45) is 0 Å². The van der Waals surface area contributed by atoms with Crippen molar-refractivity contribution in [3.8, 4) is 11.5 Å². The van der Waals surface area contributed by atoms with Gasteiger partial charge in [-0.25, -0.2) is 0 Å². The Morgan fingerprint density at radius 1 is 1.13 bits per heavy atom. The summed E-state index contributed by atoms with van der Waals surface area (Å²) in [5.74, 6) is 1.90.